The van der Waals surface area contributed by atoms with E-state index in [-0.39, 0.29) is 0 Å². The zero-order valence-corrected chi connectivity index (χ0v) is 16.4. The van der Waals surface area contributed by atoms with Gasteiger partial charge in [-0.05, 0) is 37.5 Å². The molecule has 1 aliphatic heterocycles. The lowest BCUT2D eigenvalue weighted by Crippen LogP contribution is -2.48. The lowest BCUT2D eigenvalue weighted by Gasteiger charge is -2.33. The highest BCUT2D eigenvalue weighted by atomic mass is 32.2. The van der Waals surface area contributed by atoms with Crippen LogP contribution in [0.4, 0.5) is 0 Å². The van der Waals surface area contributed by atoms with Crippen molar-refractivity contribution in [1.82, 2.24) is 19.3 Å². The van der Waals surface area contributed by atoms with Gasteiger partial charge in [0.2, 0.25) is 15.9 Å². The van der Waals surface area contributed by atoms with Crippen LogP contribution in [-0.4, -0.2) is 53.9 Å². The number of sulfonamides is 1. The van der Waals surface area contributed by atoms with E-state index in [1.807, 2.05) is 26.0 Å². The number of benzene rings is 1. The Morgan fingerprint density at radius 1 is 1.15 bits per heavy atom. The van der Waals surface area contributed by atoms with Gasteiger partial charge in [0.25, 0.3) is 0 Å². The average Bonchev–Trinajstić information content (AvgIpc) is 3.05. The summed E-state index contributed by atoms with van der Waals surface area (Å²) in [6.07, 6.45) is 1.79. The molecule has 142 valence electrons. The summed E-state index contributed by atoms with van der Waals surface area (Å²) in [4.78, 5) is 6.94. The van der Waals surface area contributed by atoms with Crippen molar-refractivity contribution in [1.29, 1.82) is 0 Å². The Labute approximate surface area is 155 Å². The summed E-state index contributed by atoms with van der Waals surface area (Å²) < 4.78 is 32.8. The minimum absolute atomic E-state index is 0.409. The zero-order chi connectivity index (χ0) is 18.7. The predicted octanol–water partition coefficient (Wildman–Crippen LogP) is 2.15. The molecule has 7 nitrogen and oxygen atoms in total. The lowest BCUT2D eigenvalue weighted by molar-refractivity contribution is 0.163. The summed E-state index contributed by atoms with van der Waals surface area (Å²) in [6, 6.07) is 5.55. The number of aryl methyl sites for hydroxylation is 3. The molecular formula is C18H26N4O3S. The molecule has 0 saturated carbocycles. The van der Waals surface area contributed by atoms with E-state index in [2.05, 4.69) is 22.0 Å². The minimum Gasteiger partial charge on any atom is -0.338 e. The van der Waals surface area contributed by atoms with E-state index in [1.165, 1.54) is 0 Å². The SMILES string of the molecule is CCCc1noc(CN2CCN(S(=O)(=O)c3cc(C)ccc3C)CC2)n1. The molecule has 8 heteroatoms. The Hall–Kier alpha value is -1.77. The second kappa shape index (κ2) is 7.85. The fraction of sp³-hybridized carbons (Fsp3) is 0.556. The molecule has 0 N–H and O–H groups in total. The highest BCUT2D eigenvalue weighted by Crippen LogP contribution is 2.22. The molecular weight excluding hydrogens is 352 g/mol. The Kier molecular flexibility index (Phi) is 5.74. The molecule has 2 heterocycles. The summed E-state index contributed by atoms with van der Waals surface area (Å²) in [5.74, 6) is 1.33. The first kappa shape index (κ1) is 19.0. The van der Waals surface area contributed by atoms with Gasteiger partial charge in [0.05, 0.1) is 11.4 Å². The minimum atomic E-state index is -3.46. The third-order valence-corrected chi connectivity index (χ3v) is 6.68. The molecule has 0 atom stereocenters. The standard InChI is InChI=1S/C18H26N4O3S/c1-4-5-17-19-18(25-20-17)13-21-8-10-22(11-9-21)26(23,24)16-12-14(2)6-7-15(16)3/h6-7,12H,4-5,8-11,13H2,1-3H3. The summed E-state index contributed by atoms with van der Waals surface area (Å²) in [6.45, 7) is 8.61. The first-order valence-corrected chi connectivity index (χ1v) is 10.5. The molecule has 0 spiro atoms. The topological polar surface area (TPSA) is 79.5 Å². The van der Waals surface area contributed by atoms with E-state index >= 15 is 0 Å². The highest BCUT2D eigenvalue weighted by Gasteiger charge is 2.30. The molecule has 0 amide bonds. The number of hydrogen-bond acceptors (Lipinski definition) is 6. The van der Waals surface area contributed by atoms with Gasteiger partial charge in [0.15, 0.2) is 5.82 Å². The summed E-state index contributed by atoms with van der Waals surface area (Å²) in [5.41, 5.74) is 1.74. The fourth-order valence-corrected chi connectivity index (χ4v) is 4.86. The van der Waals surface area contributed by atoms with Gasteiger partial charge >= 0.3 is 0 Å². The van der Waals surface area contributed by atoms with E-state index in [4.69, 9.17) is 4.52 Å². The second-order valence-electron chi connectivity index (χ2n) is 6.80. The molecule has 0 unspecified atom stereocenters. The van der Waals surface area contributed by atoms with Crippen molar-refractivity contribution in [3.8, 4) is 0 Å². The third-order valence-electron chi connectivity index (χ3n) is 4.64. The highest BCUT2D eigenvalue weighted by molar-refractivity contribution is 7.89. The van der Waals surface area contributed by atoms with Crippen LogP contribution in [0.5, 0.6) is 0 Å². The first-order valence-electron chi connectivity index (χ1n) is 9.01. The van der Waals surface area contributed by atoms with E-state index in [0.717, 1.165) is 29.8 Å². The van der Waals surface area contributed by atoms with Crippen molar-refractivity contribution < 1.29 is 12.9 Å². The van der Waals surface area contributed by atoms with Crippen molar-refractivity contribution in [3.63, 3.8) is 0 Å². The van der Waals surface area contributed by atoms with Crippen LogP contribution in [0.1, 0.15) is 36.2 Å². The van der Waals surface area contributed by atoms with Gasteiger partial charge in [0.1, 0.15) is 0 Å². The van der Waals surface area contributed by atoms with Crippen molar-refractivity contribution >= 4 is 10.0 Å². The summed E-state index contributed by atoms with van der Waals surface area (Å²) >= 11 is 0. The van der Waals surface area contributed by atoms with Crippen molar-refractivity contribution in [2.24, 2.45) is 0 Å². The molecule has 1 aliphatic rings. The Balaban J connectivity index is 1.63. The van der Waals surface area contributed by atoms with Gasteiger partial charge in [-0.1, -0.05) is 24.2 Å². The van der Waals surface area contributed by atoms with Crippen LogP contribution in [-0.2, 0) is 23.0 Å². The van der Waals surface area contributed by atoms with Crippen molar-refractivity contribution in [2.45, 2.75) is 45.1 Å². The predicted molar refractivity (Wildman–Crippen MR) is 98.2 cm³/mol. The summed E-state index contributed by atoms with van der Waals surface area (Å²) in [7, 11) is -3.46. The molecule has 1 fully saturated rings. The lowest BCUT2D eigenvalue weighted by atomic mass is 10.2. The molecule has 2 aromatic rings. The molecule has 3 rings (SSSR count). The molecule has 1 aromatic carbocycles. The largest absolute Gasteiger partial charge is 0.338 e. The molecule has 1 saturated heterocycles. The first-order chi connectivity index (χ1) is 12.4. The normalized spacial score (nSPS) is 16.9. The Bertz CT molecular complexity index is 855. The van der Waals surface area contributed by atoms with Gasteiger partial charge in [-0.15, -0.1) is 0 Å². The summed E-state index contributed by atoms with van der Waals surface area (Å²) in [5, 5.41) is 3.96. The van der Waals surface area contributed by atoms with Crippen LogP contribution in [0.25, 0.3) is 0 Å². The monoisotopic (exact) mass is 378 g/mol. The van der Waals surface area contributed by atoms with E-state index < -0.39 is 10.0 Å². The zero-order valence-electron chi connectivity index (χ0n) is 15.6. The van der Waals surface area contributed by atoms with E-state index in [1.54, 1.807) is 10.4 Å². The van der Waals surface area contributed by atoms with E-state index in [9.17, 15) is 8.42 Å². The average molecular weight is 378 g/mol. The molecule has 0 radical (unpaired) electrons. The van der Waals surface area contributed by atoms with Gasteiger partial charge in [-0.3, -0.25) is 4.90 Å². The maximum absolute atomic E-state index is 13.0. The molecule has 26 heavy (non-hydrogen) atoms. The van der Waals surface area contributed by atoms with Crippen LogP contribution in [0.15, 0.2) is 27.6 Å². The van der Waals surface area contributed by atoms with Gasteiger partial charge in [-0.25, -0.2) is 8.42 Å². The second-order valence-corrected chi connectivity index (χ2v) is 8.71. The molecule has 0 aliphatic carbocycles. The number of nitrogens with zero attached hydrogens (tertiary/aromatic N) is 4. The number of hydrogen-bond donors (Lipinski definition) is 0. The maximum Gasteiger partial charge on any atom is 0.243 e. The Morgan fingerprint density at radius 3 is 2.58 bits per heavy atom. The number of rotatable bonds is 6. The van der Waals surface area contributed by atoms with Crippen LogP contribution in [0.2, 0.25) is 0 Å². The Morgan fingerprint density at radius 2 is 1.88 bits per heavy atom. The molecule has 0 bridgehead atoms. The number of aromatic nitrogens is 2. The van der Waals surface area contributed by atoms with E-state index in [0.29, 0.717) is 43.5 Å². The van der Waals surface area contributed by atoms with Gasteiger partial charge in [0, 0.05) is 32.6 Å². The van der Waals surface area contributed by atoms with Crippen molar-refractivity contribution in [3.05, 3.63) is 41.0 Å². The van der Waals surface area contributed by atoms with Crippen LogP contribution in [0, 0.1) is 13.8 Å². The van der Waals surface area contributed by atoms with Crippen LogP contribution in [0.3, 0.4) is 0 Å². The van der Waals surface area contributed by atoms with Crippen molar-refractivity contribution in [2.75, 3.05) is 26.2 Å². The van der Waals surface area contributed by atoms with Gasteiger partial charge < -0.3 is 4.52 Å². The number of piperazine rings is 1. The molecule has 1 aromatic heterocycles. The fourth-order valence-electron chi connectivity index (χ4n) is 3.12. The van der Waals surface area contributed by atoms with Crippen LogP contribution >= 0.6 is 0 Å². The third kappa shape index (κ3) is 4.13. The van der Waals surface area contributed by atoms with Gasteiger partial charge in [-0.2, -0.15) is 9.29 Å². The quantitative estimate of drug-likeness (QED) is 0.766. The smallest absolute Gasteiger partial charge is 0.243 e. The maximum atomic E-state index is 13.0. The van der Waals surface area contributed by atoms with Crippen LogP contribution < -0.4 is 0 Å².